The van der Waals surface area contributed by atoms with Crippen molar-refractivity contribution in [3.05, 3.63) is 72.1 Å². The van der Waals surface area contributed by atoms with Crippen LogP contribution in [0.4, 0.5) is 10.1 Å². The predicted molar refractivity (Wildman–Crippen MR) is 90.9 cm³/mol. The number of para-hydroxylation sites is 1. The van der Waals surface area contributed by atoms with Crippen molar-refractivity contribution in [1.29, 1.82) is 0 Å². The first-order chi connectivity index (χ1) is 11.3. The monoisotopic (exact) mass is 348 g/mol. The normalized spacial score (nSPS) is 10.9. The van der Waals surface area contributed by atoms with Gasteiger partial charge in [-0.2, -0.15) is 0 Å². The van der Waals surface area contributed by atoms with E-state index in [4.69, 9.17) is 0 Å². The number of amides is 1. The van der Waals surface area contributed by atoms with E-state index < -0.39 is 21.7 Å². The zero-order chi connectivity index (χ0) is 17.7. The minimum atomic E-state index is -3.95. The highest BCUT2D eigenvalue weighted by Gasteiger charge is 2.20. The van der Waals surface area contributed by atoms with Gasteiger partial charge in [0, 0.05) is 6.54 Å². The minimum Gasteiger partial charge on any atom is -0.349 e. The lowest BCUT2D eigenvalue weighted by Crippen LogP contribution is -2.25. The Morgan fingerprint density at radius 1 is 1.25 bits per heavy atom. The van der Waals surface area contributed by atoms with Crippen LogP contribution in [-0.2, 0) is 10.0 Å². The molecule has 2 N–H and O–H groups in total. The molecule has 0 unspecified atom stereocenters. The number of aryl methyl sites for hydroxylation is 1. The van der Waals surface area contributed by atoms with E-state index in [0.717, 1.165) is 12.1 Å². The van der Waals surface area contributed by atoms with Gasteiger partial charge in [-0.25, -0.2) is 12.8 Å². The van der Waals surface area contributed by atoms with Crippen LogP contribution in [0.5, 0.6) is 0 Å². The number of benzene rings is 2. The largest absolute Gasteiger partial charge is 0.349 e. The Balaban J connectivity index is 2.36. The standard InChI is InChI=1S/C17H17FN2O3S/c1-3-10-19-17(21)14-6-4-5-7-15(14)20-24(22,23)16-9-8-13(18)11-12(16)2/h3-9,11,20H,1,10H2,2H3,(H,19,21). The van der Waals surface area contributed by atoms with E-state index >= 15 is 0 Å². The van der Waals surface area contributed by atoms with Crippen molar-refractivity contribution in [2.75, 3.05) is 11.3 Å². The highest BCUT2D eigenvalue weighted by molar-refractivity contribution is 7.92. The summed E-state index contributed by atoms with van der Waals surface area (Å²) in [6.07, 6.45) is 1.52. The molecule has 0 saturated carbocycles. The van der Waals surface area contributed by atoms with Gasteiger partial charge in [0.25, 0.3) is 15.9 Å². The molecule has 5 nitrogen and oxygen atoms in total. The summed E-state index contributed by atoms with van der Waals surface area (Å²) in [4.78, 5) is 12.1. The number of sulfonamides is 1. The van der Waals surface area contributed by atoms with Crippen LogP contribution in [0.3, 0.4) is 0 Å². The number of halogens is 1. The summed E-state index contributed by atoms with van der Waals surface area (Å²) in [5.74, 6) is -0.945. The van der Waals surface area contributed by atoms with Crippen molar-refractivity contribution in [3.8, 4) is 0 Å². The first-order valence-electron chi connectivity index (χ1n) is 7.12. The highest BCUT2D eigenvalue weighted by Crippen LogP contribution is 2.22. The van der Waals surface area contributed by atoms with Crippen LogP contribution in [0.25, 0.3) is 0 Å². The SMILES string of the molecule is C=CCNC(=O)c1ccccc1NS(=O)(=O)c1ccc(F)cc1C. The maximum atomic E-state index is 13.2. The lowest BCUT2D eigenvalue weighted by Gasteiger charge is -2.13. The number of nitrogens with one attached hydrogen (secondary N) is 2. The van der Waals surface area contributed by atoms with E-state index in [0.29, 0.717) is 0 Å². The molecular formula is C17H17FN2O3S. The molecule has 0 spiro atoms. The molecule has 0 aromatic heterocycles. The molecule has 2 aromatic carbocycles. The Bertz CT molecular complexity index is 879. The molecule has 24 heavy (non-hydrogen) atoms. The van der Waals surface area contributed by atoms with Crippen molar-refractivity contribution in [2.45, 2.75) is 11.8 Å². The molecule has 0 bridgehead atoms. The molecule has 1 amide bonds. The minimum absolute atomic E-state index is 0.0507. The fourth-order valence-electron chi connectivity index (χ4n) is 2.14. The third-order valence-corrected chi connectivity index (χ3v) is 4.78. The second-order valence-electron chi connectivity index (χ2n) is 5.06. The molecule has 0 aliphatic heterocycles. The van der Waals surface area contributed by atoms with Crippen molar-refractivity contribution in [2.24, 2.45) is 0 Å². The van der Waals surface area contributed by atoms with Gasteiger partial charge in [-0.1, -0.05) is 18.2 Å². The Kier molecular flexibility index (Phi) is 5.35. The molecule has 0 aliphatic carbocycles. The number of hydrogen-bond donors (Lipinski definition) is 2. The van der Waals surface area contributed by atoms with Crippen LogP contribution < -0.4 is 10.0 Å². The van der Waals surface area contributed by atoms with Crippen LogP contribution >= 0.6 is 0 Å². The Hall–Kier alpha value is -2.67. The molecule has 2 rings (SSSR count). The fourth-order valence-corrected chi connectivity index (χ4v) is 3.45. The zero-order valence-corrected chi connectivity index (χ0v) is 13.9. The van der Waals surface area contributed by atoms with E-state index in [2.05, 4.69) is 16.6 Å². The second-order valence-corrected chi connectivity index (χ2v) is 6.71. The van der Waals surface area contributed by atoms with Gasteiger partial charge in [-0.15, -0.1) is 6.58 Å². The van der Waals surface area contributed by atoms with Crippen LogP contribution in [0.15, 0.2) is 60.0 Å². The van der Waals surface area contributed by atoms with Crippen LogP contribution in [0.1, 0.15) is 15.9 Å². The maximum absolute atomic E-state index is 13.2. The zero-order valence-electron chi connectivity index (χ0n) is 13.0. The van der Waals surface area contributed by atoms with Crippen molar-refractivity contribution in [3.63, 3.8) is 0 Å². The molecule has 0 fully saturated rings. The summed E-state index contributed by atoms with van der Waals surface area (Å²) >= 11 is 0. The number of carbonyl (C=O) groups is 1. The van der Waals surface area contributed by atoms with Gasteiger partial charge in [0.1, 0.15) is 5.82 Å². The molecular weight excluding hydrogens is 331 g/mol. The van der Waals surface area contributed by atoms with Gasteiger partial charge in [-0.05, 0) is 42.8 Å². The third kappa shape index (κ3) is 3.99. The number of rotatable bonds is 6. The van der Waals surface area contributed by atoms with Gasteiger partial charge in [-0.3, -0.25) is 9.52 Å². The lowest BCUT2D eigenvalue weighted by atomic mass is 10.1. The van der Waals surface area contributed by atoms with Crippen LogP contribution in [0.2, 0.25) is 0 Å². The number of carbonyl (C=O) groups excluding carboxylic acids is 1. The second kappa shape index (κ2) is 7.27. The summed E-state index contributed by atoms with van der Waals surface area (Å²) < 4.78 is 40.6. The van der Waals surface area contributed by atoms with Crippen molar-refractivity contribution < 1.29 is 17.6 Å². The number of anilines is 1. The molecule has 0 aliphatic rings. The van der Waals surface area contributed by atoms with E-state index in [1.807, 2.05) is 0 Å². The summed E-state index contributed by atoms with van der Waals surface area (Å²) in [6.45, 7) is 5.27. The van der Waals surface area contributed by atoms with E-state index in [-0.39, 0.29) is 28.3 Å². The predicted octanol–water partition coefficient (Wildman–Crippen LogP) is 2.85. The van der Waals surface area contributed by atoms with Gasteiger partial charge in [0.05, 0.1) is 16.1 Å². The highest BCUT2D eigenvalue weighted by atomic mass is 32.2. The first kappa shape index (κ1) is 17.7. The Labute approximate surface area is 140 Å². The Morgan fingerprint density at radius 2 is 1.96 bits per heavy atom. The van der Waals surface area contributed by atoms with Gasteiger partial charge >= 0.3 is 0 Å². The first-order valence-corrected chi connectivity index (χ1v) is 8.60. The number of hydrogen-bond acceptors (Lipinski definition) is 3. The molecule has 0 heterocycles. The summed E-state index contributed by atoms with van der Waals surface area (Å²) in [6, 6.07) is 9.63. The van der Waals surface area contributed by atoms with Crippen molar-refractivity contribution >= 4 is 21.6 Å². The molecule has 0 atom stereocenters. The molecule has 0 saturated heterocycles. The van der Waals surface area contributed by atoms with Gasteiger partial charge in [0.2, 0.25) is 0 Å². The lowest BCUT2D eigenvalue weighted by molar-refractivity contribution is 0.0959. The van der Waals surface area contributed by atoms with Gasteiger partial charge < -0.3 is 5.32 Å². The van der Waals surface area contributed by atoms with E-state index in [9.17, 15) is 17.6 Å². The van der Waals surface area contributed by atoms with Crippen molar-refractivity contribution in [1.82, 2.24) is 5.32 Å². The average molecular weight is 348 g/mol. The van der Waals surface area contributed by atoms with Crippen LogP contribution in [-0.4, -0.2) is 20.9 Å². The van der Waals surface area contributed by atoms with E-state index in [1.165, 1.54) is 31.2 Å². The molecule has 0 radical (unpaired) electrons. The van der Waals surface area contributed by atoms with Gasteiger partial charge in [0.15, 0.2) is 0 Å². The summed E-state index contributed by atoms with van der Waals surface area (Å²) in [5.41, 5.74) is 0.599. The molecule has 7 heteroatoms. The van der Waals surface area contributed by atoms with E-state index in [1.54, 1.807) is 12.1 Å². The molecule has 126 valence electrons. The van der Waals surface area contributed by atoms with Crippen LogP contribution in [0, 0.1) is 12.7 Å². The fraction of sp³-hybridized carbons (Fsp3) is 0.118. The quantitative estimate of drug-likeness (QED) is 0.788. The third-order valence-electron chi connectivity index (χ3n) is 3.25. The topological polar surface area (TPSA) is 75.3 Å². The smallest absolute Gasteiger partial charge is 0.262 e. The molecule has 2 aromatic rings. The average Bonchev–Trinajstić information content (AvgIpc) is 2.52. The Morgan fingerprint density at radius 3 is 2.62 bits per heavy atom. The summed E-state index contributed by atoms with van der Waals surface area (Å²) in [7, 11) is -3.95. The maximum Gasteiger partial charge on any atom is 0.262 e. The summed E-state index contributed by atoms with van der Waals surface area (Å²) in [5, 5.41) is 2.59.